The Morgan fingerprint density at radius 3 is 2.20 bits per heavy atom. The Balaban J connectivity index is 1.47. The molecule has 0 amide bonds. The Morgan fingerprint density at radius 2 is 1.51 bits per heavy atom. The zero-order valence-electron chi connectivity index (χ0n) is 23.9. The van der Waals surface area contributed by atoms with Crippen molar-refractivity contribution in [3.63, 3.8) is 0 Å². The number of fused-ring (bicyclic) bond motifs is 6. The molecule has 0 heterocycles. The molecular formula is C32H52O3. The van der Waals surface area contributed by atoms with Crippen LogP contribution < -0.4 is 0 Å². The van der Waals surface area contributed by atoms with Crippen molar-refractivity contribution < 1.29 is 14.6 Å². The highest BCUT2D eigenvalue weighted by atomic mass is 16.5. The first-order valence-electron chi connectivity index (χ1n) is 14.7. The van der Waals surface area contributed by atoms with E-state index in [1.54, 1.807) is 12.5 Å². The Kier molecular flexibility index (Phi) is 5.96. The average molecular weight is 485 g/mol. The van der Waals surface area contributed by atoms with Crippen molar-refractivity contribution in [3.8, 4) is 0 Å². The summed E-state index contributed by atoms with van der Waals surface area (Å²) < 4.78 is 5.90. The maximum Gasteiger partial charge on any atom is 0.302 e. The molecule has 5 rings (SSSR count). The molecule has 0 radical (unpaired) electrons. The van der Waals surface area contributed by atoms with Crippen molar-refractivity contribution in [2.45, 2.75) is 132 Å². The van der Waals surface area contributed by atoms with E-state index in [1.165, 1.54) is 44.9 Å². The van der Waals surface area contributed by atoms with Crippen LogP contribution in [-0.4, -0.2) is 23.3 Å². The Morgan fingerprint density at radius 1 is 0.829 bits per heavy atom. The maximum atomic E-state index is 11.9. The van der Waals surface area contributed by atoms with Gasteiger partial charge in [0.1, 0.15) is 6.10 Å². The summed E-state index contributed by atoms with van der Waals surface area (Å²) in [5.74, 6) is 2.44. The Hall–Kier alpha value is -0.830. The van der Waals surface area contributed by atoms with Crippen molar-refractivity contribution in [2.75, 3.05) is 0 Å². The van der Waals surface area contributed by atoms with Gasteiger partial charge < -0.3 is 9.84 Å². The van der Waals surface area contributed by atoms with Gasteiger partial charge in [0.2, 0.25) is 0 Å². The third-order valence-electron chi connectivity index (χ3n) is 13.1. The van der Waals surface area contributed by atoms with Crippen molar-refractivity contribution >= 4 is 5.97 Å². The molecule has 3 heteroatoms. The monoisotopic (exact) mass is 484 g/mol. The molecular weight excluding hydrogens is 432 g/mol. The van der Waals surface area contributed by atoms with Crippen molar-refractivity contribution in [2.24, 2.45) is 50.7 Å². The van der Waals surface area contributed by atoms with Gasteiger partial charge in [-0.1, -0.05) is 60.1 Å². The number of hydrogen-bond acceptors (Lipinski definition) is 3. The van der Waals surface area contributed by atoms with Crippen LogP contribution in [0.25, 0.3) is 0 Å². The third kappa shape index (κ3) is 3.63. The summed E-state index contributed by atoms with van der Waals surface area (Å²) >= 11 is 0. The van der Waals surface area contributed by atoms with Gasteiger partial charge in [0, 0.05) is 12.3 Å². The molecule has 0 aromatic rings. The van der Waals surface area contributed by atoms with E-state index in [-0.39, 0.29) is 29.0 Å². The topological polar surface area (TPSA) is 46.5 Å². The Bertz CT molecular complexity index is 900. The summed E-state index contributed by atoms with van der Waals surface area (Å²) in [7, 11) is 0. The van der Waals surface area contributed by atoms with E-state index in [1.807, 2.05) is 0 Å². The quantitative estimate of drug-likeness (QED) is 0.306. The fraction of sp³-hybridized carbons (Fsp3) is 0.906. The lowest BCUT2D eigenvalue weighted by atomic mass is 9.42. The van der Waals surface area contributed by atoms with Crippen LogP contribution in [0.3, 0.4) is 0 Å². The molecule has 0 aliphatic heterocycles. The number of rotatable bonds is 1. The SMILES string of the molecule is CC(=O)O[C@@H]1CC[C@@]2(C)[C@@H]3CC[C@H]4C(=CC[C@@H]5C(C)(C)[C@H](O)CC[C@@]54C)C[C@@]3(C)CC[C@H]2C1(C)C. The average Bonchev–Trinajstić information content (AvgIpc) is 2.90. The number of esters is 1. The molecule has 35 heavy (non-hydrogen) atoms. The summed E-state index contributed by atoms with van der Waals surface area (Å²) in [6.45, 7) is 18.8. The second kappa shape index (κ2) is 8.08. The number of allylic oxidation sites excluding steroid dienone is 2. The lowest BCUT2D eigenvalue weighted by molar-refractivity contribution is -0.191. The lowest BCUT2D eigenvalue weighted by Gasteiger charge is -2.64. The molecule has 0 saturated heterocycles. The van der Waals surface area contributed by atoms with E-state index in [4.69, 9.17) is 4.74 Å². The highest BCUT2D eigenvalue weighted by Gasteiger charge is 2.63. The molecule has 5 aliphatic carbocycles. The highest BCUT2D eigenvalue weighted by molar-refractivity contribution is 5.66. The molecule has 0 aromatic carbocycles. The molecule has 0 aromatic heterocycles. The van der Waals surface area contributed by atoms with Crippen LogP contribution in [-0.2, 0) is 9.53 Å². The number of carbonyl (C=O) groups is 1. The van der Waals surface area contributed by atoms with Gasteiger partial charge in [0.25, 0.3) is 0 Å². The first kappa shape index (κ1) is 25.8. The zero-order chi connectivity index (χ0) is 25.6. The van der Waals surface area contributed by atoms with Crippen LogP contribution in [0.2, 0.25) is 0 Å². The molecule has 198 valence electrons. The molecule has 0 unspecified atom stereocenters. The van der Waals surface area contributed by atoms with Gasteiger partial charge >= 0.3 is 5.97 Å². The first-order valence-corrected chi connectivity index (χ1v) is 14.7. The second-order valence-corrected chi connectivity index (χ2v) is 15.5. The fourth-order valence-corrected chi connectivity index (χ4v) is 11.3. The van der Waals surface area contributed by atoms with Crippen LogP contribution in [0.1, 0.15) is 120 Å². The van der Waals surface area contributed by atoms with Crippen LogP contribution in [0.15, 0.2) is 11.6 Å². The normalized spacial score (nSPS) is 50.4. The molecule has 9 atom stereocenters. The molecule has 4 saturated carbocycles. The van der Waals surface area contributed by atoms with E-state index < -0.39 is 0 Å². The molecule has 3 nitrogen and oxygen atoms in total. The van der Waals surface area contributed by atoms with E-state index in [2.05, 4.69) is 54.5 Å². The lowest BCUT2D eigenvalue weighted by Crippen LogP contribution is -2.59. The predicted molar refractivity (Wildman–Crippen MR) is 142 cm³/mol. The summed E-state index contributed by atoms with van der Waals surface area (Å²) in [5.41, 5.74) is 2.76. The van der Waals surface area contributed by atoms with Gasteiger partial charge in [-0.15, -0.1) is 0 Å². The van der Waals surface area contributed by atoms with Crippen molar-refractivity contribution in [1.29, 1.82) is 0 Å². The third-order valence-corrected chi connectivity index (χ3v) is 13.1. The number of aliphatic hydroxyl groups is 1. The zero-order valence-corrected chi connectivity index (χ0v) is 23.9. The van der Waals surface area contributed by atoms with E-state index in [9.17, 15) is 9.90 Å². The molecule has 1 N–H and O–H groups in total. The minimum atomic E-state index is -0.171. The van der Waals surface area contributed by atoms with E-state index in [0.717, 1.165) is 25.2 Å². The maximum absolute atomic E-state index is 11.9. The number of aliphatic hydroxyl groups excluding tert-OH is 1. The van der Waals surface area contributed by atoms with Gasteiger partial charge in [-0.3, -0.25) is 4.79 Å². The summed E-state index contributed by atoms with van der Waals surface area (Å²) in [6, 6.07) is 0. The first-order chi connectivity index (χ1) is 16.2. The second-order valence-electron chi connectivity index (χ2n) is 15.5. The molecule has 0 spiro atoms. The van der Waals surface area contributed by atoms with Gasteiger partial charge in [-0.25, -0.2) is 0 Å². The number of carbonyl (C=O) groups excluding carboxylic acids is 1. The van der Waals surface area contributed by atoms with Gasteiger partial charge in [0.05, 0.1) is 6.10 Å². The predicted octanol–water partition coefficient (Wildman–Crippen LogP) is 7.71. The minimum Gasteiger partial charge on any atom is -0.462 e. The molecule has 0 bridgehead atoms. The summed E-state index contributed by atoms with van der Waals surface area (Å²) in [4.78, 5) is 11.9. The van der Waals surface area contributed by atoms with Crippen molar-refractivity contribution in [1.82, 2.24) is 0 Å². The summed E-state index contributed by atoms with van der Waals surface area (Å²) in [6.07, 6.45) is 14.4. The van der Waals surface area contributed by atoms with Gasteiger partial charge in [0.15, 0.2) is 0 Å². The van der Waals surface area contributed by atoms with Crippen LogP contribution in [0.5, 0.6) is 0 Å². The minimum absolute atomic E-state index is 0.00576. The van der Waals surface area contributed by atoms with Gasteiger partial charge in [-0.05, 0) is 110 Å². The molecule has 5 aliphatic rings. The van der Waals surface area contributed by atoms with Crippen molar-refractivity contribution in [3.05, 3.63) is 11.6 Å². The largest absolute Gasteiger partial charge is 0.462 e. The van der Waals surface area contributed by atoms with Gasteiger partial charge in [-0.2, -0.15) is 0 Å². The smallest absolute Gasteiger partial charge is 0.302 e. The highest BCUT2D eigenvalue weighted by Crippen LogP contribution is 2.70. The van der Waals surface area contributed by atoms with Crippen LogP contribution in [0, 0.1) is 50.7 Å². The fourth-order valence-electron chi connectivity index (χ4n) is 11.3. The van der Waals surface area contributed by atoms with Crippen LogP contribution >= 0.6 is 0 Å². The standard InChI is InChI=1S/C32H52O3/c1-20(33)35-27-15-18-32(8)24(29(27,4)5)13-16-30(6)19-21-9-11-23-28(2,3)26(34)14-17-31(23,7)22(21)10-12-25(30)32/h9,22-27,34H,10-19H2,1-8H3/t22-,23+,24-,25+,26+,27+,30+,31+,32+/m0/s1. The van der Waals surface area contributed by atoms with Crippen LogP contribution in [0.4, 0.5) is 0 Å². The summed E-state index contributed by atoms with van der Waals surface area (Å²) in [5, 5.41) is 10.9. The number of hydrogen-bond donors (Lipinski definition) is 1. The van der Waals surface area contributed by atoms with E-state index in [0.29, 0.717) is 34.0 Å². The number of ether oxygens (including phenoxy) is 1. The Labute approximate surface area is 214 Å². The molecule has 4 fully saturated rings. The van der Waals surface area contributed by atoms with E-state index >= 15 is 0 Å².